The van der Waals surface area contributed by atoms with Crippen molar-refractivity contribution in [3.8, 4) is 0 Å². The quantitative estimate of drug-likeness (QED) is 0.670. The van der Waals surface area contributed by atoms with E-state index in [-0.39, 0.29) is 16.3 Å². The van der Waals surface area contributed by atoms with Crippen LogP contribution in [0.5, 0.6) is 0 Å². The lowest BCUT2D eigenvalue weighted by Crippen LogP contribution is -2.13. The van der Waals surface area contributed by atoms with Crippen molar-refractivity contribution in [3.05, 3.63) is 28.0 Å². The number of nitrogens with one attached hydrogen (secondary N) is 1. The van der Waals surface area contributed by atoms with Crippen LogP contribution in [0.4, 0.5) is 10.1 Å². The van der Waals surface area contributed by atoms with Crippen LogP contribution in [-0.4, -0.2) is 11.7 Å². The number of aryl methyl sites for hydroxylation is 1. The molecule has 1 amide bonds. The van der Waals surface area contributed by atoms with E-state index in [2.05, 4.69) is 5.32 Å². The summed E-state index contributed by atoms with van der Waals surface area (Å²) in [6, 6.07) is 1.37. The number of benzene rings is 1. The Morgan fingerprint density at radius 2 is 2.07 bits per heavy atom. The molecular weight excluding hydrogens is 209 g/mol. The topological polar surface area (TPSA) is 46.2 Å². The van der Waals surface area contributed by atoms with Gasteiger partial charge in [0.25, 0.3) is 11.7 Å². The van der Waals surface area contributed by atoms with E-state index in [1.807, 2.05) is 0 Å². The molecule has 3 nitrogen and oxygen atoms in total. The lowest BCUT2D eigenvalue weighted by atomic mass is 10.1. The number of amides is 1. The Bertz CT molecular complexity index is 470. The number of ketones is 1. The standard InChI is InChI=1S/C9H5ClFNO2/c1-3-2-4(10)6(11)5-7(3)12-9(14)8(5)13/h2H,1H3,(H,12,13,14). The fourth-order valence-corrected chi connectivity index (χ4v) is 1.67. The normalized spacial score (nSPS) is 14.2. The van der Waals surface area contributed by atoms with Gasteiger partial charge in [-0.25, -0.2) is 4.39 Å². The maximum Gasteiger partial charge on any atom is 0.296 e. The number of rotatable bonds is 0. The molecule has 0 atom stereocenters. The Balaban J connectivity index is 2.80. The summed E-state index contributed by atoms with van der Waals surface area (Å²) in [6.45, 7) is 1.64. The van der Waals surface area contributed by atoms with Gasteiger partial charge in [-0.3, -0.25) is 9.59 Å². The van der Waals surface area contributed by atoms with Crippen LogP contribution in [0.1, 0.15) is 15.9 Å². The van der Waals surface area contributed by atoms with E-state index in [0.717, 1.165) is 0 Å². The van der Waals surface area contributed by atoms with E-state index in [4.69, 9.17) is 11.6 Å². The molecule has 14 heavy (non-hydrogen) atoms. The summed E-state index contributed by atoms with van der Waals surface area (Å²) >= 11 is 5.54. The van der Waals surface area contributed by atoms with E-state index >= 15 is 0 Å². The second kappa shape index (κ2) is 2.78. The second-order valence-corrected chi connectivity index (χ2v) is 3.43. The van der Waals surface area contributed by atoms with Crippen molar-refractivity contribution in [2.75, 3.05) is 5.32 Å². The van der Waals surface area contributed by atoms with Crippen molar-refractivity contribution < 1.29 is 14.0 Å². The van der Waals surface area contributed by atoms with Crippen molar-refractivity contribution in [2.24, 2.45) is 0 Å². The van der Waals surface area contributed by atoms with Gasteiger partial charge in [-0.1, -0.05) is 11.6 Å². The Hall–Kier alpha value is -1.42. The van der Waals surface area contributed by atoms with Crippen LogP contribution < -0.4 is 5.32 Å². The van der Waals surface area contributed by atoms with Gasteiger partial charge in [-0.15, -0.1) is 0 Å². The molecule has 0 fully saturated rings. The minimum absolute atomic E-state index is 0.147. The number of anilines is 1. The zero-order valence-corrected chi connectivity index (χ0v) is 7.91. The number of carbonyl (C=O) groups is 2. The summed E-state index contributed by atoms with van der Waals surface area (Å²) in [7, 11) is 0. The number of halogens is 2. The molecule has 0 bridgehead atoms. The second-order valence-electron chi connectivity index (χ2n) is 3.02. The minimum atomic E-state index is -0.872. The van der Waals surface area contributed by atoms with Gasteiger partial charge in [-0.2, -0.15) is 0 Å². The molecule has 72 valence electrons. The predicted molar refractivity (Wildman–Crippen MR) is 49.1 cm³/mol. The predicted octanol–water partition coefficient (Wildman–Crippen LogP) is 1.92. The van der Waals surface area contributed by atoms with E-state index in [0.29, 0.717) is 5.56 Å². The summed E-state index contributed by atoms with van der Waals surface area (Å²) < 4.78 is 13.4. The highest BCUT2D eigenvalue weighted by atomic mass is 35.5. The van der Waals surface area contributed by atoms with Crippen molar-refractivity contribution in [3.63, 3.8) is 0 Å². The first-order valence-corrected chi connectivity index (χ1v) is 4.24. The fraction of sp³-hybridized carbons (Fsp3) is 0.111. The monoisotopic (exact) mass is 213 g/mol. The van der Waals surface area contributed by atoms with Gasteiger partial charge in [0, 0.05) is 0 Å². The maximum absolute atomic E-state index is 13.4. The van der Waals surface area contributed by atoms with Crippen LogP contribution in [0.25, 0.3) is 0 Å². The highest BCUT2D eigenvalue weighted by Gasteiger charge is 2.33. The molecule has 0 aliphatic carbocycles. The maximum atomic E-state index is 13.4. The van der Waals surface area contributed by atoms with E-state index in [9.17, 15) is 14.0 Å². The molecule has 1 aromatic carbocycles. The average Bonchev–Trinajstić information content (AvgIpc) is 2.41. The summed E-state index contributed by atoms with van der Waals surface area (Å²) in [5.41, 5.74) is 0.549. The minimum Gasteiger partial charge on any atom is -0.318 e. The van der Waals surface area contributed by atoms with Gasteiger partial charge in [0.05, 0.1) is 16.3 Å². The van der Waals surface area contributed by atoms with Crippen LogP contribution in [-0.2, 0) is 4.79 Å². The molecule has 0 spiro atoms. The summed E-state index contributed by atoms with van der Waals surface area (Å²) in [4.78, 5) is 22.2. The molecule has 0 unspecified atom stereocenters. The summed E-state index contributed by atoms with van der Waals surface area (Å²) in [6.07, 6.45) is 0. The number of Topliss-reactive ketones (excluding diaryl/α,β-unsaturated/α-hetero) is 1. The number of fused-ring (bicyclic) bond motifs is 1. The number of hydrogen-bond acceptors (Lipinski definition) is 2. The average molecular weight is 214 g/mol. The first-order valence-electron chi connectivity index (χ1n) is 3.86. The molecule has 1 N–H and O–H groups in total. The first kappa shape index (κ1) is 9.15. The molecule has 1 aromatic rings. The molecule has 5 heteroatoms. The number of hydrogen-bond donors (Lipinski definition) is 1. The van der Waals surface area contributed by atoms with E-state index in [1.165, 1.54) is 6.07 Å². The molecular formula is C9H5ClFNO2. The molecule has 0 saturated carbocycles. The van der Waals surface area contributed by atoms with Crippen LogP contribution in [0.3, 0.4) is 0 Å². The zero-order valence-electron chi connectivity index (χ0n) is 7.15. The van der Waals surface area contributed by atoms with Crippen LogP contribution >= 0.6 is 11.6 Å². The van der Waals surface area contributed by atoms with Gasteiger partial charge in [0.1, 0.15) is 0 Å². The molecule has 2 rings (SSSR count). The third-order valence-corrected chi connectivity index (χ3v) is 2.36. The Morgan fingerprint density at radius 3 is 2.71 bits per heavy atom. The van der Waals surface area contributed by atoms with Gasteiger partial charge in [0.2, 0.25) is 0 Å². The number of carbonyl (C=O) groups excluding carboxylic acids is 2. The highest BCUT2D eigenvalue weighted by Crippen LogP contribution is 2.33. The molecule has 0 saturated heterocycles. The molecule has 0 aromatic heterocycles. The van der Waals surface area contributed by atoms with E-state index in [1.54, 1.807) is 6.92 Å². The van der Waals surface area contributed by atoms with Crippen LogP contribution in [0.15, 0.2) is 6.07 Å². The van der Waals surface area contributed by atoms with Crippen LogP contribution in [0.2, 0.25) is 5.02 Å². The summed E-state index contributed by atoms with van der Waals surface area (Å²) in [5, 5.41) is 2.15. The Morgan fingerprint density at radius 1 is 1.43 bits per heavy atom. The zero-order chi connectivity index (χ0) is 10.5. The third-order valence-electron chi connectivity index (χ3n) is 2.09. The molecule has 1 aliphatic rings. The molecule has 0 radical (unpaired) electrons. The Labute approximate surface area is 83.9 Å². The van der Waals surface area contributed by atoms with Gasteiger partial charge >= 0.3 is 0 Å². The smallest absolute Gasteiger partial charge is 0.296 e. The van der Waals surface area contributed by atoms with Crippen molar-refractivity contribution in [1.29, 1.82) is 0 Å². The van der Waals surface area contributed by atoms with Crippen LogP contribution in [0, 0.1) is 12.7 Å². The van der Waals surface area contributed by atoms with Crippen molar-refractivity contribution in [1.82, 2.24) is 0 Å². The first-order chi connectivity index (χ1) is 6.52. The van der Waals surface area contributed by atoms with E-state index < -0.39 is 17.5 Å². The summed E-state index contributed by atoms with van der Waals surface area (Å²) in [5.74, 6) is -2.53. The van der Waals surface area contributed by atoms with Gasteiger partial charge < -0.3 is 5.32 Å². The lowest BCUT2D eigenvalue weighted by molar-refractivity contribution is -0.112. The van der Waals surface area contributed by atoms with Crippen molar-refractivity contribution >= 4 is 29.0 Å². The largest absolute Gasteiger partial charge is 0.318 e. The molecule has 1 heterocycles. The fourth-order valence-electron chi connectivity index (χ4n) is 1.41. The highest BCUT2D eigenvalue weighted by molar-refractivity contribution is 6.52. The van der Waals surface area contributed by atoms with Crippen molar-refractivity contribution in [2.45, 2.75) is 6.92 Å². The Kier molecular flexibility index (Phi) is 1.82. The SMILES string of the molecule is Cc1cc(Cl)c(F)c2c1NC(=O)C2=O. The lowest BCUT2D eigenvalue weighted by Gasteiger charge is -2.04. The van der Waals surface area contributed by atoms with Gasteiger partial charge in [0.15, 0.2) is 5.82 Å². The molecule has 1 aliphatic heterocycles. The third kappa shape index (κ3) is 1.04. The van der Waals surface area contributed by atoms with Gasteiger partial charge in [-0.05, 0) is 18.6 Å².